The molecule has 0 saturated carbocycles. The van der Waals surface area contributed by atoms with Crippen LogP contribution in [0.1, 0.15) is 17.2 Å². The van der Waals surface area contributed by atoms with E-state index in [0.717, 1.165) is 16.9 Å². The van der Waals surface area contributed by atoms with Crippen LogP contribution in [-0.2, 0) is 6.54 Å². The Kier molecular flexibility index (Phi) is 5.94. The molecule has 1 aromatic carbocycles. The summed E-state index contributed by atoms with van der Waals surface area (Å²) in [5.41, 5.74) is 2.01. The average Bonchev–Trinajstić information content (AvgIpc) is 2.55. The van der Waals surface area contributed by atoms with Crippen molar-refractivity contribution in [3.8, 4) is 5.75 Å². The van der Waals surface area contributed by atoms with Crippen molar-refractivity contribution >= 4 is 0 Å². The summed E-state index contributed by atoms with van der Waals surface area (Å²) < 4.78 is 5.43. The first-order chi connectivity index (χ1) is 10.3. The molecule has 1 aromatic heterocycles. The van der Waals surface area contributed by atoms with Gasteiger partial charge in [-0.25, -0.2) is 0 Å². The Morgan fingerprint density at radius 2 is 1.90 bits per heavy atom. The van der Waals surface area contributed by atoms with E-state index in [0.29, 0.717) is 19.7 Å². The van der Waals surface area contributed by atoms with Crippen LogP contribution in [-0.4, -0.2) is 23.2 Å². The Morgan fingerprint density at radius 3 is 2.57 bits per heavy atom. The minimum absolute atomic E-state index is 0.499. The maximum atomic E-state index is 10.0. The molecule has 0 saturated heterocycles. The maximum Gasteiger partial charge on any atom is 0.119 e. The molecule has 0 amide bonds. The van der Waals surface area contributed by atoms with Gasteiger partial charge in [-0.3, -0.25) is 4.98 Å². The summed E-state index contributed by atoms with van der Waals surface area (Å²) in [4.78, 5) is 3.94. The van der Waals surface area contributed by atoms with E-state index in [1.165, 1.54) is 0 Å². The summed E-state index contributed by atoms with van der Waals surface area (Å²) in [5.74, 6) is 0.829. The van der Waals surface area contributed by atoms with E-state index in [1.807, 2.05) is 36.4 Å². The van der Waals surface area contributed by atoms with Gasteiger partial charge in [-0.2, -0.15) is 0 Å². The molecule has 1 heterocycles. The van der Waals surface area contributed by atoms with E-state index in [9.17, 15) is 5.11 Å². The van der Waals surface area contributed by atoms with Crippen molar-refractivity contribution in [2.75, 3.05) is 13.2 Å². The van der Waals surface area contributed by atoms with E-state index in [-0.39, 0.29) is 0 Å². The largest absolute Gasteiger partial charge is 0.490 e. The fourth-order valence-corrected chi connectivity index (χ4v) is 1.92. The molecule has 0 radical (unpaired) electrons. The van der Waals surface area contributed by atoms with Crippen LogP contribution in [0.2, 0.25) is 0 Å². The fourth-order valence-electron chi connectivity index (χ4n) is 1.92. The quantitative estimate of drug-likeness (QED) is 0.731. The Morgan fingerprint density at radius 1 is 1.19 bits per heavy atom. The van der Waals surface area contributed by atoms with Crippen LogP contribution >= 0.6 is 0 Å². The number of nitrogens with zero attached hydrogens (tertiary/aromatic N) is 1. The third-order valence-corrected chi connectivity index (χ3v) is 3.05. The van der Waals surface area contributed by atoms with E-state index >= 15 is 0 Å². The van der Waals surface area contributed by atoms with Crippen LogP contribution in [0.3, 0.4) is 0 Å². The number of hydrogen-bond donors (Lipinski definition) is 2. The van der Waals surface area contributed by atoms with E-state index in [1.54, 1.807) is 18.5 Å². The molecular weight excluding hydrogens is 264 g/mol. The third-order valence-electron chi connectivity index (χ3n) is 3.05. The summed E-state index contributed by atoms with van der Waals surface area (Å²) in [5, 5.41) is 13.3. The first kappa shape index (κ1) is 15.2. The second-order valence-corrected chi connectivity index (χ2v) is 4.67. The molecule has 1 unspecified atom stereocenters. The first-order valence-electron chi connectivity index (χ1n) is 6.91. The van der Waals surface area contributed by atoms with Crippen LogP contribution in [0, 0.1) is 0 Å². The summed E-state index contributed by atoms with van der Waals surface area (Å²) in [6, 6.07) is 11.5. The van der Waals surface area contributed by atoms with Crippen LogP contribution in [0.25, 0.3) is 0 Å². The zero-order valence-electron chi connectivity index (χ0n) is 11.9. The zero-order chi connectivity index (χ0) is 14.9. The molecule has 2 rings (SSSR count). The van der Waals surface area contributed by atoms with Gasteiger partial charge in [0, 0.05) is 25.5 Å². The topological polar surface area (TPSA) is 54.4 Å². The van der Waals surface area contributed by atoms with Gasteiger partial charge in [-0.1, -0.05) is 24.8 Å². The normalized spacial score (nSPS) is 11.9. The Labute approximate surface area is 125 Å². The minimum atomic E-state index is -0.525. The lowest BCUT2D eigenvalue weighted by Gasteiger charge is -2.12. The summed E-state index contributed by atoms with van der Waals surface area (Å²) in [6.45, 7) is 5.32. The maximum absolute atomic E-state index is 10.0. The van der Waals surface area contributed by atoms with Crippen molar-refractivity contribution in [3.63, 3.8) is 0 Å². The predicted molar refractivity (Wildman–Crippen MR) is 83.0 cm³/mol. The van der Waals surface area contributed by atoms with Crippen LogP contribution in [0.15, 0.2) is 61.4 Å². The number of pyridine rings is 1. The highest BCUT2D eigenvalue weighted by molar-refractivity contribution is 5.27. The molecule has 0 aliphatic carbocycles. The molecule has 21 heavy (non-hydrogen) atoms. The molecular formula is C17H20N2O2. The molecule has 0 bridgehead atoms. The highest BCUT2D eigenvalue weighted by Gasteiger charge is 2.06. The summed E-state index contributed by atoms with van der Waals surface area (Å²) in [7, 11) is 0. The number of benzene rings is 1. The van der Waals surface area contributed by atoms with Crippen LogP contribution < -0.4 is 10.1 Å². The SMILES string of the molecule is C=CCOc1ccc(CNCC(O)c2ccncc2)cc1. The second kappa shape index (κ2) is 8.19. The lowest BCUT2D eigenvalue weighted by atomic mass is 10.1. The highest BCUT2D eigenvalue weighted by atomic mass is 16.5. The van der Waals surface area contributed by atoms with Crippen molar-refractivity contribution in [2.45, 2.75) is 12.6 Å². The smallest absolute Gasteiger partial charge is 0.119 e. The second-order valence-electron chi connectivity index (χ2n) is 4.67. The van der Waals surface area contributed by atoms with Crippen molar-refractivity contribution in [3.05, 3.63) is 72.6 Å². The molecule has 2 N–H and O–H groups in total. The first-order valence-corrected chi connectivity index (χ1v) is 6.91. The molecule has 0 spiro atoms. The van der Waals surface area contributed by atoms with Crippen molar-refractivity contribution < 1.29 is 9.84 Å². The molecule has 4 heteroatoms. The van der Waals surface area contributed by atoms with Gasteiger partial charge in [0.05, 0.1) is 6.10 Å². The number of aliphatic hydroxyl groups is 1. The van der Waals surface area contributed by atoms with Gasteiger partial charge < -0.3 is 15.2 Å². The van der Waals surface area contributed by atoms with Gasteiger partial charge in [-0.15, -0.1) is 0 Å². The van der Waals surface area contributed by atoms with E-state index in [4.69, 9.17) is 4.74 Å². The highest BCUT2D eigenvalue weighted by Crippen LogP contribution is 2.13. The van der Waals surface area contributed by atoms with Gasteiger partial charge >= 0.3 is 0 Å². The van der Waals surface area contributed by atoms with Gasteiger partial charge in [0.1, 0.15) is 12.4 Å². The van der Waals surface area contributed by atoms with Crippen molar-refractivity contribution in [1.82, 2.24) is 10.3 Å². The van der Waals surface area contributed by atoms with Crippen LogP contribution in [0.4, 0.5) is 0 Å². The monoisotopic (exact) mass is 284 g/mol. The van der Waals surface area contributed by atoms with Gasteiger partial charge in [0.25, 0.3) is 0 Å². The Bertz CT molecular complexity index is 540. The summed E-state index contributed by atoms with van der Waals surface area (Å²) >= 11 is 0. The molecule has 2 aromatic rings. The van der Waals surface area contributed by atoms with Crippen molar-refractivity contribution in [2.24, 2.45) is 0 Å². The molecule has 110 valence electrons. The Balaban J connectivity index is 1.77. The minimum Gasteiger partial charge on any atom is -0.490 e. The zero-order valence-corrected chi connectivity index (χ0v) is 11.9. The van der Waals surface area contributed by atoms with Gasteiger partial charge in [-0.05, 0) is 35.4 Å². The van der Waals surface area contributed by atoms with Gasteiger partial charge in [0.15, 0.2) is 0 Å². The predicted octanol–water partition coefficient (Wildman–Crippen LogP) is 2.47. The standard InChI is InChI=1S/C17H20N2O2/c1-2-11-21-16-5-3-14(4-6-16)12-19-13-17(20)15-7-9-18-10-8-15/h2-10,17,19-20H,1,11-13H2. The van der Waals surface area contributed by atoms with Crippen LogP contribution in [0.5, 0.6) is 5.75 Å². The Hall–Kier alpha value is -2.17. The molecule has 0 aliphatic heterocycles. The molecule has 0 aliphatic rings. The van der Waals surface area contributed by atoms with Gasteiger partial charge in [0.2, 0.25) is 0 Å². The molecule has 0 fully saturated rings. The lowest BCUT2D eigenvalue weighted by Crippen LogP contribution is -2.21. The number of rotatable bonds is 8. The number of ether oxygens (including phenoxy) is 1. The fraction of sp³-hybridized carbons (Fsp3) is 0.235. The molecule has 1 atom stereocenters. The number of nitrogens with one attached hydrogen (secondary N) is 1. The number of aliphatic hydroxyl groups excluding tert-OH is 1. The average molecular weight is 284 g/mol. The number of aromatic nitrogens is 1. The lowest BCUT2D eigenvalue weighted by molar-refractivity contribution is 0.174. The van der Waals surface area contributed by atoms with E-state index < -0.39 is 6.10 Å². The third kappa shape index (κ3) is 5.02. The summed E-state index contributed by atoms with van der Waals surface area (Å²) in [6.07, 6.45) is 4.56. The van der Waals surface area contributed by atoms with Crippen molar-refractivity contribution in [1.29, 1.82) is 0 Å². The van der Waals surface area contributed by atoms with E-state index in [2.05, 4.69) is 16.9 Å². The molecule has 4 nitrogen and oxygen atoms in total. The number of hydrogen-bond acceptors (Lipinski definition) is 4.